The zero-order chi connectivity index (χ0) is 15.9. The summed E-state index contributed by atoms with van der Waals surface area (Å²) in [7, 11) is 1.43. The molecule has 0 aliphatic carbocycles. The van der Waals surface area contributed by atoms with Crippen LogP contribution < -0.4 is 14.8 Å². The first kappa shape index (κ1) is 15.7. The van der Waals surface area contributed by atoms with Crippen LogP contribution in [-0.2, 0) is 11.3 Å². The van der Waals surface area contributed by atoms with Gasteiger partial charge >= 0.3 is 0 Å². The Morgan fingerprint density at radius 1 is 1.50 bits per heavy atom. The lowest BCUT2D eigenvalue weighted by molar-refractivity contribution is -0.123. The number of furan rings is 1. The molecule has 114 valence electrons. The van der Waals surface area contributed by atoms with Crippen molar-refractivity contribution in [2.75, 3.05) is 13.7 Å². The quantitative estimate of drug-likeness (QED) is 0.884. The molecule has 7 heteroatoms. The van der Waals surface area contributed by atoms with Crippen LogP contribution in [0.3, 0.4) is 0 Å². The molecule has 1 N–H and O–H groups in total. The molecule has 0 spiro atoms. The third-order valence-corrected chi connectivity index (χ3v) is 3.03. The Morgan fingerprint density at radius 3 is 2.95 bits per heavy atom. The number of benzene rings is 1. The lowest BCUT2D eigenvalue weighted by Crippen LogP contribution is -2.28. The summed E-state index contributed by atoms with van der Waals surface area (Å²) in [6, 6.07) is 8.38. The summed E-state index contributed by atoms with van der Waals surface area (Å²) in [6.45, 7) is 0.0378. The van der Waals surface area contributed by atoms with Crippen LogP contribution in [0, 0.1) is 11.3 Å². The molecule has 0 saturated carbocycles. The van der Waals surface area contributed by atoms with Gasteiger partial charge in [0.25, 0.3) is 5.91 Å². The Balaban J connectivity index is 1.96. The SMILES string of the molecule is COc1cc(C#N)cc(Cl)c1OCC(=O)NCc1ccco1. The average molecular weight is 321 g/mol. The maximum Gasteiger partial charge on any atom is 0.258 e. The number of halogens is 1. The predicted molar refractivity (Wildman–Crippen MR) is 78.8 cm³/mol. The van der Waals surface area contributed by atoms with Crippen LogP contribution in [0.4, 0.5) is 0 Å². The molecular formula is C15H13ClN2O4. The fourth-order valence-electron chi connectivity index (χ4n) is 1.71. The van der Waals surface area contributed by atoms with Gasteiger partial charge in [0, 0.05) is 6.07 Å². The molecular weight excluding hydrogens is 308 g/mol. The molecule has 0 bridgehead atoms. The second kappa shape index (κ2) is 7.38. The minimum atomic E-state index is -0.334. The first-order valence-corrected chi connectivity index (χ1v) is 6.71. The van der Waals surface area contributed by atoms with Crippen molar-refractivity contribution in [1.82, 2.24) is 5.32 Å². The van der Waals surface area contributed by atoms with Crippen molar-refractivity contribution < 1.29 is 18.7 Å². The van der Waals surface area contributed by atoms with Crippen molar-refractivity contribution in [3.63, 3.8) is 0 Å². The van der Waals surface area contributed by atoms with Gasteiger partial charge in [0.15, 0.2) is 18.1 Å². The van der Waals surface area contributed by atoms with E-state index < -0.39 is 0 Å². The molecule has 0 aliphatic heterocycles. The van der Waals surface area contributed by atoms with E-state index in [1.54, 1.807) is 12.1 Å². The van der Waals surface area contributed by atoms with Gasteiger partial charge in [-0.3, -0.25) is 4.79 Å². The molecule has 2 aromatic rings. The van der Waals surface area contributed by atoms with Crippen LogP contribution in [0.1, 0.15) is 11.3 Å². The standard InChI is InChI=1S/C15H13ClN2O4/c1-20-13-6-10(7-17)5-12(16)15(13)22-9-14(19)18-8-11-3-2-4-21-11/h2-6H,8-9H2,1H3,(H,18,19). The summed E-state index contributed by atoms with van der Waals surface area (Å²) >= 11 is 6.03. The Morgan fingerprint density at radius 2 is 2.32 bits per heavy atom. The van der Waals surface area contributed by atoms with Crippen molar-refractivity contribution in [3.8, 4) is 17.6 Å². The molecule has 6 nitrogen and oxygen atoms in total. The summed E-state index contributed by atoms with van der Waals surface area (Å²) < 4.78 is 15.6. The first-order chi connectivity index (χ1) is 10.6. The van der Waals surface area contributed by atoms with Crippen LogP contribution >= 0.6 is 11.6 Å². The van der Waals surface area contributed by atoms with Crippen molar-refractivity contribution >= 4 is 17.5 Å². The Labute approximate surface area is 132 Å². The highest BCUT2D eigenvalue weighted by Crippen LogP contribution is 2.36. The second-order valence-corrected chi connectivity index (χ2v) is 4.65. The maximum atomic E-state index is 11.7. The number of methoxy groups -OCH3 is 1. The number of hydrogen-bond acceptors (Lipinski definition) is 5. The smallest absolute Gasteiger partial charge is 0.258 e. The van der Waals surface area contributed by atoms with E-state index in [9.17, 15) is 4.79 Å². The average Bonchev–Trinajstić information content (AvgIpc) is 3.04. The monoisotopic (exact) mass is 320 g/mol. The molecule has 0 radical (unpaired) electrons. The number of amides is 1. The van der Waals surface area contributed by atoms with Gasteiger partial charge < -0.3 is 19.2 Å². The van der Waals surface area contributed by atoms with Gasteiger partial charge in [0.1, 0.15) is 5.76 Å². The number of nitriles is 1. The molecule has 0 aliphatic rings. The van der Waals surface area contributed by atoms with Gasteiger partial charge in [-0.15, -0.1) is 0 Å². The van der Waals surface area contributed by atoms with Crippen LogP contribution in [0.5, 0.6) is 11.5 Å². The molecule has 1 amide bonds. The number of carbonyl (C=O) groups excluding carboxylic acids is 1. The topological polar surface area (TPSA) is 84.5 Å². The fourth-order valence-corrected chi connectivity index (χ4v) is 1.98. The van der Waals surface area contributed by atoms with Crippen molar-refractivity contribution in [3.05, 3.63) is 46.9 Å². The third-order valence-electron chi connectivity index (χ3n) is 2.75. The molecule has 0 saturated heterocycles. The first-order valence-electron chi connectivity index (χ1n) is 6.33. The van der Waals surface area contributed by atoms with Crippen molar-refractivity contribution in [2.45, 2.75) is 6.54 Å². The van der Waals surface area contributed by atoms with Crippen LogP contribution in [-0.4, -0.2) is 19.6 Å². The van der Waals surface area contributed by atoms with Crippen LogP contribution in [0.15, 0.2) is 34.9 Å². The molecule has 22 heavy (non-hydrogen) atoms. The summed E-state index contributed by atoms with van der Waals surface area (Å²) in [4.78, 5) is 11.7. The van der Waals surface area contributed by atoms with E-state index in [1.807, 2.05) is 6.07 Å². The molecule has 1 heterocycles. The second-order valence-electron chi connectivity index (χ2n) is 4.25. The Kier molecular flexibility index (Phi) is 5.28. The van der Waals surface area contributed by atoms with Gasteiger partial charge in [0.2, 0.25) is 0 Å². The van der Waals surface area contributed by atoms with Crippen molar-refractivity contribution in [2.24, 2.45) is 0 Å². The molecule has 1 aromatic heterocycles. The van der Waals surface area contributed by atoms with E-state index in [2.05, 4.69) is 5.32 Å². The number of ether oxygens (including phenoxy) is 2. The highest BCUT2D eigenvalue weighted by atomic mass is 35.5. The van der Waals surface area contributed by atoms with E-state index in [0.29, 0.717) is 17.1 Å². The summed E-state index contributed by atoms with van der Waals surface area (Å²) in [5, 5.41) is 11.7. The number of carbonyl (C=O) groups is 1. The minimum absolute atomic E-state index is 0.203. The highest BCUT2D eigenvalue weighted by Gasteiger charge is 2.14. The normalized spacial score (nSPS) is 9.86. The summed E-state index contributed by atoms with van der Waals surface area (Å²) in [5.41, 5.74) is 0.344. The van der Waals surface area contributed by atoms with Gasteiger partial charge in [-0.2, -0.15) is 5.26 Å². The van der Waals surface area contributed by atoms with Crippen molar-refractivity contribution in [1.29, 1.82) is 5.26 Å². The molecule has 1 aromatic carbocycles. The fraction of sp³-hybridized carbons (Fsp3) is 0.200. The van der Waals surface area contributed by atoms with Crippen LogP contribution in [0.25, 0.3) is 0 Å². The van der Waals surface area contributed by atoms with E-state index in [0.717, 1.165) is 0 Å². The van der Waals surface area contributed by atoms with Crippen LogP contribution in [0.2, 0.25) is 5.02 Å². The van der Waals surface area contributed by atoms with Gasteiger partial charge in [-0.25, -0.2) is 0 Å². The van der Waals surface area contributed by atoms with Gasteiger partial charge in [-0.1, -0.05) is 11.6 Å². The summed E-state index contributed by atoms with van der Waals surface area (Å²) in [5.74, 6) is 0.820. The van der Waals surface area contributed by atoms with E-state index in [1.165, 1.54) is 25.5 Å². The van der Waals surface area contributed by atoms with Gasteiger partial charge in [-0.05, 0) is 18.2 Å². The predicted octanol–water partition coefficient (Wildman–Crippen LogP) is 2.51. The highest BCUT2D eigenvalue weighted by molar-refractivity contribution is 6.32. The van der Waals surface area contributed by atoms with Gasteiger partial charge in [0.05, 0.1) is 36.6 Å². The van der Waals surface area contributed by atoms with E-state index in [4.69, 9.17) is 30.8 Å². The largest absolute Gasteiger partial charge is 0.493 e. The molecule has 0 atom stereocenters. The maximum absolute atomic E-state index is 11.7. The number of nitrogens with one attached hydrogen (secondary N) is 1. The van der Waals surface area contributed by atoms with E-state index >= 15 is 0 Å². The Hall–Kier alpha value is -2.65. The lowest BCUT2D eigenvalue weighted by Gasteiger charge is -2.12. The zero-order valence-electron chi connectivity index (χ0n) is 11.8. The minimum Gasteiger partial charge on any atom is -0.493 e. The number of nitrogens with zero attached hydrogens (tertiary/aromatic N) is 1. The van der Waals surface area contributed by atoms with E-state index in [-0.39, 0.29) is 29.8 Å². The lowest BCUT2D eigenvalue weighted by atomic mass is 10.2. The molecule has 0 fully saturated rings. The zero-order valence-corrected chi connectivity index (χ0v) is 12.5. The molecule has 0 unspecified atom stereocenters. The third kappa shape index (κ3) is 3.93. The summed E-state index contributed by atoms with van der Waals surface area (Å²) in [6.07, 6.45) is 1.53. The Bertz CT molecular complexity index is 692. The molecule has 2 rings (SSSR count). The number of hydrogen-bond donors (Lipinski definition) is 1. The number of rotatable bonds is 6.